The molecule has 3 rings (SSSR count). The molecule has 2 atom stereocenters. The van der Waals surface area contributed by atoms with Gasteiger partial charge in [-0.15, -0.1) is 0 Å². The molecule has 0 spiro atoms. The van der Waals surface area contributed by atoms with E-state index in [-0.39, 0.29) is 17.5 Å². The molecular weight excluding hydrogens is 330 g/mol. The summed E-state index contributed by atoms with van der Waals surface area (Å²) in [4.78, 5) is 25.7. The number of carboxylic acid groups (broad SMARTS) is 1. The Morgan fingerprint density at radius 1 is 1.27 bits per heavy atom. The van der Waals surface area contributed by atoms with Gasteiger partial charge in [-0.2, -0.15) is 5.10 Å². The average molecular weight is 361 g/mol. The lowest BCUT2D eigenvalue weighted by Gasteiger charge is -2.40. The molecule has 2 unspecified atom stereocenters. The van der Waals surface area contributed by atoms with E-state index in [0.717, 1.165) is 38.8 Å². The van der Waals surface area contributed by atoms with E-state index >= 15 is 0 Å². The van der Waals surface area contributed by atoms with Crippen LogP contribution in [0.25, 0.3) is 0 Å². The van der Waals surface area contributed by atoms with Gasteiger partial charge >= 0.3 is 5.97 Å². The van der Waals surface area contributed by atoms with E-state index < -0.39 is 5.97 Å². The zero-order chi connectivity index (χ0) is 18.9. The van der Waals surface area contributed by atoms with Gasteiger partial charge in [0.05, 0.1) is 17.8 Å². The highest BCUT2D eigenvalue weighted by atomic mass is 16.4. The van der Waals surface area contributed by atoms with Gasteiger partial charge in [-0.05, 0) is 49.4 Å². The molecule has 26 heavy (non-hydrogen) atoms. The van der Waals surface area contributed by atoms with Crippen molar-refractivity contribution in [3.8, 4) is 0 Å². The third kappa shape index (κ3) is 4.46. The van der Waals surface area contributed by atoms with Gasteiger partial charge in [-0.25, -0.2) is 4.79 Å². The largest absolute Gasteiger partial charge is 0.478 e. The summed E-state index contributed by atoms with van der Waals surface area (Å²) in [6.07, 6.45) is 8.89. The van der Waals surface area contributed by atoms with Gasteiger partial charge < -0.3 is 10.0 Å². The minimum atomic E-state index is -0.950. The second-order valence-electron chi connectivity index (χ2n) is 9.11. The number of carbonyl (C=O) groups is 2. The molecule has 1 aromatic rings. The van der Waals surface area contributed by atoms with Crippen molar-refractivity contribution in [1.29, 1.82) is 0 Å². The minimum Gasteiger partial charge on any atom is -0.478 e. The van der Waals surface area contributed by atoms with Crippen LogP contribution >= 0.6 is 0 Å². The lowest BCUT2D eigenvalue weighted by atomic mass is 9.67. The molecule has 6 nitrogen and oxygen atoms in total. The Morgan fingerprint density at radius 3 is 2.54 bits per heavy atom. The summed E-state index contributed by atoms with van der Waals surface area (Å²) in [6.45, 7) is 8.41. The summed E-state index contributed by atoms with van der Waals surface area (Å²) < 4.78 is 1.75. The molecule has 1 aliphatic carbocycles. The number of carbonyl (C=O) groups excluding carboxylic acids is 1. The molecule has 144 valence electrons. The molecule has 0 bridgehead atoms. The third-order valence-corrected chi connectivity index (χ3v) is 5.98. The number of hydrogen-bond acceptors (Lipinski definition) is 3. The van der Waals surface area contributed by atoms with Crippen molar-refractivity contribution >= 4 is 11.9 Å². The van der Waals surface area contributed by atoms with Gasteiger partial charge in [0.15, 0.2) is 0 Å². The first-order valence-corrected chi connectivity index (χ1v) is 9.79. The maximum Gasteiger partial charge on any atom is 0.338 e. The Balaban J connectivity index is 1.51. The summed E-state index contributed by atoms with van der Waals surface area (Å²) in [5.41, 5.74) is 0.565. The standard InChI is InChI=1S/C20H31N3O3/c1-14-8-15(11-20(2,3)10-14)9-18(24)22-6-4-17(5-7-22)23-13-16(12-21-23)19(25)26/h12-15,17H,4-11H2,1-3H3,(H,25,26). The van der Waals surface area contributed by atoms with E-state index in [1.54, 1.807) is 10.9 Å². The van der Waals surface area contributed by atoms with Crippen LogP contribution in [0, 0.1) is 17.3 Å². The molecule has 1 aliphatic heterocycles. The van der Waals surface area contributed by atoms with Crippen LogP contribution in [-0.2, 0) is 4.79 Å². The van der Waals surface area contributed by atoms with Crippen LogP contribution in [0.4, 0.5) is 0 Å². The lowest BCUT2D eigenvalue weighted by molar-refractivity contribution is -0.134. The molecule has 2 aliphatic rings. The molecule has 1 saturated heterocycles. The van der Waals surface area contributed by atoms with Crippen molar-refractivity contribution in [2.24, 2.45) is 17.3 Å². The highest BCUT2D eigenvalue weighted by molar-refractivity contribution is 5.86. The molecule has 6 heteroatoms. The van der Waals surface area contributed by atoms with Crippen LogP contribution in [0.15, 0.2) is 12.4 Å². The van der Waals surface area contributed by atoms with E-state index in [9.17, 15) is 9.59 Å². The normalized spacial score (nSPS) is 26.7. The van der Waals surface area contributed by atoms with Gasteiger partial charge in [0.25, 0.3) is 0 Å². The number of piperidine rings is 1. The summed E-state index contributed by atoms with van der Waals surface area (Å²) in [6, 6.07) is 0.181. The van der Waals surface area contributed by atoms with Crippen LogP contribution in [-0.4, -0.2) is 44.8 Å². The zero-order valence-electron chi connectivity index (χ0n) is 16.1. The van der Waals surface area contributed by atoms with Crippen LogP contribution < -0.4 is 0 Å². The van der Waals surface area contributed by atoms with E-state index in [0.29, 0.717) is 23.7 Å². The van der Waals surface area contributed by atoms with Crippen molar-refractivity contribution in [3.05, 3.63) is 18.0 Å². The fraction of sp³-hybridized carbons (Fsp3) is 0.750. The summed E-state index contributed by atoms with van der Waals surface area (Å²) in [5.74, 6) is 0.535. The molecule has 0 aromatic carbocycles. The second-order valence-corrected chi connectivity index (χ2v) is 9.11. The number of rotatable bonds is 4. The first-order chi connectivity index (χ1) is 12.2. The molecule has 2 fully saturated rings. The number of aromatic nitrogens is 2. The summed E-state index contributed by atoms with van der Waals surface area (Å²) in [5, 5.41) is 13.2. The number of likely N-dealkylation sites (tertiary alicyclic amines) is 1. The van der Waals surface area contributed by atoms with Gasteiger partial charge in [0, 0.05) is 25.7 Å². The first-order valence-electron chi connectivity index (χ1n) is 9.79. The van der Waals surface area contributed by atoms with E-state index in [1.165, 1.54) is 12.6 Å². The molecule has 1 aromatic heterocycles. The minimum absolute atomic E-state index is 0.181. The monoisotopic (exact) mass is 361 g/mol. The van der Waals surface area contributed by atoms with Gasteiger partial charge in [0.2, 0.25) is 5.91 Å². The van der Waals surface area contributed by atoms with E-state index in [1.807, 2.05) is 4.90 Å². The fourth-order valence-electron chi connectivity index (χ4n) is 5.10. The van der Waals surface area contributed by atoms with Crippen molar-refractivity contribution in [1.82, 2.24) is 14.7 Å². The van der Waals surface area contributed by atoms with Crippen LogP contribution in [0.1, 0.15) is 75.7 Å². The maximum absolute atomic E-state index is 12.7. The van der Waals surface area contributed by atoms with E-state index in [2.05, 4.69) is 25.9 Å². The van der Waals surface area contributed by atoms with Gasteiger partial charge in [0.1, 0.15) is 0 Å². The molecule has 0 radical (unpaired) electrons. The molecule has 1 N–H and O–H groups in total. The lowest BCUT2D eigenvalue weighted by Crippen LogP contribution is -2.40. The maximum atomic E-state index is 12.7. The Kier molecular flexibility index (Phi) is 5.39. The Morgan fingerprint density at radius 2 is 1.96 bits per heavy atom. The number of amides is 1. The summed E-state index contributed by atoms with van der Waals surface area (Å²) >= 11 is 0. The number of carboxylic acids is 1. The van der Waals surface area contributed by atoms with Gasteiger partial charge in [-0.3, -0.25) is 9.48 Å². The number of nitrogens with zero attached hydrogens (tertiary/aromatic N) is 3. The number of hydrogen-bond donors (Lipinski definition) is 1. The average Bonchev–Trinajstić information content (AvgIpc) is 3.03. The second kappa shape index (κ2) is 7.41. The number of aromatic carboxylic acids is 1. The van der Waals surface area contributed by atoms with Crippen LogP contribution in [0.5, 0.6) is 0 Å². The summed E-state index contributed by atoms with van der Waals surface area (Å²) in [7, 11) is 0. The fourth-order valence-corrected chi connectivity index (χ4v) is 5.10. The Labute approximate surface area is 155 Å². The molecular formula is C20H31N3O3. The van der Waals surface area contributed by atoms with E-state index in [4.69, 9.17) is 5.11 Å². The zero-order valence-corrected chi connectivity index (χ0v) is 16.1. The van der Waals surface area contributed by atoms with Crippen LogP contribution in [0.2, 0.25) is 0 Å². The third-order valence-electron chi connectivity index (χ3n) is 5.98. The molecule has 1 amide bonds. The Bertz CT molecular complexity index is 659. The van der Waals surface area contributed by atoms with Gasteiger partial charge in [-0.1, -0.05) is 20.8 Å². The molecule has 1 saturated carbocycles. The quantitative estimate of drug-likeness (QED) is 0.889. The predicted octanol–water partition coefficient (Wildman–Crippen LogP) is 3.60. The smallest absolute Gasteiger partial charge is 0.338 e. The van der Waals surface area contributed by atoms with Crippen molar-refractivity contribution in [3.63, 3.8) is 0 Å². The van der Waals surface area contributed by atoms with Crippen LogP contribution in [0.3, 0.4) is 0 Å². The Hall–Kier alpha value is -1.85. The topological polar surface area (TPSA) is 75.4 Å². The van der Waals surface area contributed by atoms with Crippen molar-refractivity contribution in [2.45, 2.75) is 65.3 Å². The van der Waals surface area contributed by atoms with Crippen molar-refractivity contribution in [2.75, 3.05) is 13.1 Å². The molecule has 2 heterocycles. The highest BCUT2D eigenvalue weighted by Crippen LogP contribution is 2.43. The predicted molar refractivity (Wildman–Crippen MR) is 98.9 cm³/mol. The highest BCUT2D eigenvalue weighted by Gasteiger charge is 2.34. The SMILES string of the molecule is CC1CC(CC(=O)N2CCC(n3cc(C(=O)O)cn3)CC2)CC(C)(C)C1. The first kappa shape index (κ1) is 18.9. The van der Waals surface area contributed by atoms with Crippen molar-refractivity contribution < 1.29 is 14.7 Å².